The highest BCUT2D eigenvalue weighted by Gasteiger charge is 2.33. The summed E-state index contributed by atoms with van der Waals surface area (Å²) in [5.74, 6) is -0.815. The lowest BCUT2D eigenvalue weighted by atomic mass is 10.1. The van der Waals surface area contributed by atoms with Gasteiger partial charge in [0.1, 0.15) is 0 Å². The molecule has 0 bridgehead atoms. The highest BCUT2D eigenvalue weighted by Crippen LogP contribution is 2.27. The summed E-state index contributed by atoms with van der Waals surface area (Å²) in [6.45, 7) is 2.04. The first-order valence-electron chi connectivity index (χ1n) is 11.1. The van der Waals surface area contributed by atoms with Crippen LogP contribution in [0.15, 0.2) is 36.7 Å². The topological polar surface area (TPSA) is 100 Å². The normalized spacial score (nSPS) is 14.5. The largest absolute Gasteiger partial charge is 0.434 e. The average Bonchev–Trinajstić information content (AvgIpc) is 3.17. The standard InChI is InChI=1S/C23H21F5N6O2S/c1-12-20(17(37-33-12)6-15-7-30-18(8-29-15)23(26,27)28)22(36)31-14-4-2-13(3-5-14)21(35)32-16-9-34(10-16)11-19(24)25/h2-5,7-8,16,19H,6,9-11H2,1H3,(H,31,36)(H,32,35). The molecule has 1 aliphatic heterocycles. The van der Waals surface area contributed by atoms with Crippen molar-refractivity contribution >= 4 is 29.0 Å². The van der Waals surface area contributed by atoms with E-state index in [0.717, 1.165) is 17.7 Å². The molecule has 0 atom stereocenters. The van der Waals surface area contributed by atoms with E-state index in [2.05, 4.69) is 25.0 Å². The van der Waals surface area contributed by atoms with E-state index in [0.29, 0.717) is 41.1 Å². The number of rotatable bonds is 8. The van der Waals surface area contributed by atoms with Crippen LogP contribution >= 0.6 is 11.5 Å². The zero-order valence-electron chi connectivity index (χ0n) is 19.4. The summed E-state index contributed by atoms with van der Waals surface area (Å²) in [6.07, 6.45) is -5.27. The molecule has 0 aliphatic carbocycles. The minimum absolute atomic E-state index is 0.0778. The van der Waals surface area contributed by atoms with E-state index in [4.69, 9.17) is 0 Å². The lowest BCUT2D eigenvalue weighted by Gasteiger charge is -2.39. The first-order valence-corrected chi connectivity index (χ1v) is 11.8. The number of likely N-dealkylation sites (tertiary alicyclic amines) is 1. The summed E-state index contributed by atoms with van der Waals surface area (Å²) in [6, 6.07) is 5.95. The molecule has 196 valence electrons. The second kappa shape index (κ2) is 10.8. The minimum Gasteiger partial charge on any atom is -0.347 e. The van der Waals surface area contributed by atoms with Crippen LogP contribution in [0.3, 0.4) is 0 Å². The summed E-state index contributed by atoms with van der Waals surface area (Å²) >= 11 is 1.04. The van der Waals surface area contributed by atoms with Gasteiger partial charge in [0.25, 0.3) is 18.2 Å². The van der Waals surface area contributed by atoms with Crippen LogP contribution in [-0.2, 0) is 12.6 Å². The van der Waals surface area contributed by atoms with Gasteiger partial charge in [0, 0.05) is 41.8 Å². The molecule has 3 aromatic rings. The summed E-state index contributed by atoms with van der Waals surface area (Å²) in [4.78, 5) is 34.6. The Kier molecular flexibility index (Phi) is 7.78. The zero-order chi connectivity index (χ0) is 26.7. The van der Waals surface area contributed by atoms with Crippen LogP contribution in [0, 0.1) is 6.92 Å². The zero-order valence-corrected chi connectivity index (χ0v) is 20.2. The van der Waals surface area contributed by atoms with Gasteiger partial charge in [0.15, 0.2) is 5.69 Å². The number of benzene rings is 1. The van der Waals surface area contributed by atoms with E-state index in [1.807, 2.05) is 0 Å². The predicted molar refractivity (Wildman–Crippen MR) is 125 cm³/mol. The fourth-order valence-electron chi connectivity index (χ4n) is 3.76. The van der Waals surface area contributed by atoms with Crippen molar-refractivity contribution in [1.82, 2.24) is 24.6 Å². The highest BCUT2D eigenvalue weighted by molar-refractivity contribution is 7.06. The van der Waals surface area contributed by atoms with Crippen LogP contribution in [0.5, 0.6) is 0 Å². The lowest BCUT2D eigenvalue weighted by molar-refractivity contribution is -0.141. The third-order valence-corrected chi connectivity index (χ3v) is 6.53. The molecule has 14 heteroatoms. The third kappa shape index (κ3) is 6.63. The number of aromatic nitrogens is 3. The van der Waals surface area contributed by atoms with Crippen LogP contribution in [0.4, 0.5) is 27.6 Å². The number of nitrogens with one attached hydrogen (secondary N) is 2. The van der Waals surface area contributed by atoms with Crippen molar-refractivity contribution in [2.24, 2.45) is 0 Å². The number of anilines is 1. The van der Waals surface area contributed by atoms with E-state index in [-0.39, 0.29) is 36.2 Å². The van der Waals surface area contributed by atoms with Crippen molar-refractivity contribution < 1.29 is 31.5 Å². The van der Waals surface area contributed by atoms with E-state index in [1.165, 1.54) is 12.1 Å². The fourth-order valence-corrected chi connectivity index (χ4v) is 4.64. The second-order valence-electron chi connectivity index (χ2n) is 8.45. The van der Waals surface area contributed by atoms with E-state index in [1.54, 1.807) is 24.0 Å². The number of hydrogen-bond acceptors (Lipinski definition) is 7. The molecule has 1 aromatic carbocycles. The van der Waals surface area contributed by atoms with Gasteiger partial charge in [0.05, 0.1) is 35.7 Å². The highest BCUT2D eigenvalue weighted by atomic mass is 32.1. The van der Waals surface area contributed by atoms with Crippen molar-refractivity contribution in [1.29, 1.82) is 0 Å². The molecule has 2 amide bonds. The molecule has 0 radical (unpaired) electrons. The monoisotopic (exact) mass is 540 g/mol. The molecular weight excluding hydrogens is 519 g/mol. The smallest absolute Gasteiger partial charge is 0.347 e. The van der Waals surface area contributed by atoms with Crippen molar-refractivity contribution in [2.45, 2.75) is 32.0 Å². The van der Waals surface area contributed by atoms with Gasteiger partial charge in [-0.15, -0.1) is 0 Å². The molecule has 1 aliphatic rings. The SMILES string of the molecule is Cc1nsc(Cc2cnc(C(F)(F)F)cn2)c1C(=O)Nc1ccc(C(=O)NC2CN(CC(F)F)C2)cc1. The Labute approximate surface area is 212 Å². The molecule has 2 aromatic heterocycles. The Bertz CT molecular complexity index is 1260. The number of nitrogens with zero attached hydrogens (tertiary/aromatic N) is 4. The van der Waals surface area contributed by atoms with Crippen molar-refractivity contribution in [3.8, 4) is 0 Å². The maximum Gasteiger partial charge on any atom is 0.434 e. The first-order chi connectivity index (χ1) is 17.5. The average molecular weight is 541 g/mol. The minimum atomic E-state index is -4.59. The Hall–Kier alpha value is -3.52. The van der Waals surface area contributed by atoms with Crippen LogP contribution in [-0.4, -0.2) is 63.2 Å². The Morgan fingerprint density at radius 3 is 2.41 bits per heavy atom. The Morgan fingerprint density at radius 2 is 1.81 bits per heavy atom. The maximum atomic E-state index is 12.9. The van der Waals surface area contributed by atoms with Gasteiger partial charge in [0.2, 0.25) is 0 Å². The van der Waals surface area contributed by atoms with Crippen LogP contribution in [0.25, 0.3) is 0 Å². The quantitative estimate of drug-likeness (QED) is 0.422. The van der Waals surface area contributed by atoms with Crippen molar-refractivity contribution in [3.05, 3.63) is 69.7 Å². The van der Waals surface area contributed by atoms with Gasteiger partial charge in [-0.1, -0.05) is 0 Å². The van der Waals surface area contributed by atoms with Gasteiger partial charge in [-0.25, -0.2) is 13.8 Å². The van der Waals surface area contributed by atoms with Gasteiger partial charge in [-0.05, 0) is 42.7 Å². The van der Waals surface area contributed by atoms with Crippen molar-refractivity contribution in [2.75, 3.05) is 25.0 Å². The number of alkyl halides is 5. The maximum absolute atomic E-state index is 12.9. The molecule has 4 rings (SSSR count). The summed E-state index contributed by atoms with van der Waals surface area (Å²) in [5, 5.41) is 5.50. The van der Waals surface area contributed by atoms with Gasteiger partial charge in [-0.3, -0.25) is 19.5 Å². The molecule has 8 nitrogen and oxygen atoms in total. The Morgan fingerprint density at radius 1 is 1.11 bits per heavy atom. The predicted octanol–water partition coefficient (Wildman–Crippen LogP) is 3.78. The van der Waals surface area contributed by atoms with Gasteiger partial charge < -0.3 is 10.6 Å². The lowest BCUT2D eigenvalue weighted by Crippen LogP contribution is -2.60. The fraction of sp³-hybridized carbons (Fsp3) is 0.348. The molecule has 0 spiro atoms. The molecule has 0 unspecified atom stereocenters. The number of aryl methyl sites for hydroxylation is 1. The summed E-state index contributed by atoms with van der Waals surface area (Å²) in [5.41, 5.74) is 0.652. The van der Waals surface area contributed by atoms with E-state index >= 15 is 0 Å². The van der Waals surface area contributed by atoms with Gasteiger partial charge in [-0.2, -0.15) is 17.5 Å². The van der Waals surface area contributed by atoms with Crippen LogP contribution < -0.4 is 10.6 Å². The number of hydrogen-bond donors (Lipinski definition) is 2. The molecule has 1 fully saturated rings. The van der Waals surface area contributed by atoms with Gasteiger partial charge >= 0.3 is 6.18 Å². The number of amides is 2. The molecule has 2 N–H and O–H groups in total. The van der Waals surface area contributed by atoms with Crippen molar-refractivity contribution in [3.63, 3.8) is 0 Å². The van der Waals surface area contributed by atoms with Crippen LogP contribution in [0.2, 0.25) is 0 Å². The van der Waals surface area contributed by atoms with Crippen LogP contribution in [0.1, 0.15) is 42.7 Å². The van der Waals surface area contributed by atoms with E-state index in [9.17, 15) is 31.5 Å². The molecule has 37 heavy (non-hydrogen) atoms. The molecular formula is C23H21F5N6O2S. The first kappa shape index (κ1) is 26.5. The summed E-state index contributed by atoms with van der Waals surface area (Å²) < 4.78 is 67.1. The number of carbonyl (C=O) groups excluding carboxylic acids is 2. The molecule has 1 saturated heterocycles. The summed E-state index contributed by atoms with van der Waals surface area (Å²) in [7, 11) is 0. The molecule has 0 saturated carbocycles. The number of halogens is 5. The number of carbonyl (C=O) groups is 2. The second-order valence-corrected chi connectivity index (χ2v) is 9.30. The van der Waals surface area contributed by atoms with E-state index < -0.39 is 24.2 Å². The Balaban J connectivity index is 1.35. The third-order valence-electron chi connectivity index (χ3n) is 5.59. The molecule has 3 heterocycles.